The average molecular weight is 258 g/mol. The molecule has 1 aliphatic carbocycles. The Kier molecular flexibility index (Phi) is 8.61. The van der Waals surface area contributed by atoms with Gasteiger partial charge >= 0.3 is 9.53 Å². The molecule has 0 N–H and O–H groups in total. The zero-order chi connectivity index (χ0) is 12.3. The summed E-state index contributed by atoms with van der Waals surface area (Å²) >= 11 is 0. The summed E-state index contributed by atoms with van der Waals surface area (Å²) in [7, 11) is -1.86. The minimum absolute atomic E-state index is 0.632. The van der Waals surface area contributed by atoms with E-state index in [0.717, 1.165) is 5.92 Å². The monoisotopic (exact) mass is 258 g/mol. The van der Waals surface area contributed by atoms with Crippen LogP contribution in [0.3, 0.4) is 0 Å². The maximum atomic E-state index is 5.62. The van der Waals surface area contributed by atoms with Crippen LogP contribution in [0.1, 0.15) is 46.0 Å². The first-order chi connectivity index (χ1) is 8.36. The third kappa shape index (κ3) is 6.98. The molecule has 0 aromatic carbocycles. The van der Waals surface area contributed by atoms with Crippen molar-refractivity contribution in [3.05, 3.63) is 12.2 Å². The van der Waals surface area contributed by atoms with E-state index in [4.69, 9.17) is 13.3 Å². The van der Waals surface area contributed by atoms with Crippen molar-refractivity contribution in [3.8, 4) is 0 Å². The first-order valence-electron chi connectivity index (χ1n) is 6.88. The van der Waals surface area contributed by atoms with Crippen molar-refractivity contribution in [2.24, 2.45) is 5.92 Å². The van der Waals surface area contributed by atoms with Crippen molar-refractivity contribution >= 4 is 9.53 Å². The van der Waals surface area contributed by atoms with E-state index >= 15 is 0 Å². The molecule has 1 saturated carbocycles. The summed E-state index contributed by atoms with van der Waals surface area (Å²) < 4.78 is 16.5. The maximum absolute atomic E-state index is 5.62. The molecule has 0 spiro atoms. The van der Waals surface area contributed by atoms with Crippen LogP contribution in [0.2, 0.25) is 0 Å². The molecule has 100 valence electrons. The van der Waals surface area contributed by atoms with E-state index in [0.29, 0.717) is 19.8 Å². The molecule has 0 unspecified atom stereocenters. The second-order valence-electron chi connectivity index (χ2n) is 4.36. The van der Waals surface area contributed by atoms with E-state index in [1.54, 1.807) is 0 Å². The molecule has 0 radical (unpaired) electrons. The van der Waals surface area contributed by atoms with Gasteiger partial charge in [-0.3, -0.25) is 0 Å². The van der Waals surface area contributed by atoms with Crippen LogP contribution in [0.15, 0.2) is 12.2 Å². The van der Waals surface area contributed by atoms with E-state index in [9.17, 15) is 0 Å². The van der Waals surface area contributed by atoms with E-state index < -0.39 is 9.53 Å². The Morgan fingerprint density at radius 2 is 1.65 bits per heavy atom. The van der Waals surface area contributed by atoms with Gasteiger partial charge in [-0.15, -0.1) is 0 Å². The SMILES string of the molecule is CCO[SiH](OCC)OCC=CC1CCCCC1. The smallest absolute Gasteiger partial charge is 0.376 e. The average Bonchev–Trinajstić information content (AvgIpc) is 2.36. The molecule has 0 aliphatic heterocycles. The minimum Gasteiger partial charge on any atom is -0.376 e. The molecule has 0 bridgehead atoms. The highest BCUT2D eigenvalue weighted by Crippen LogP contribution is 2.24. The number of allylic oxidation sites excluding steroid dienone is 1. The molecule has 1 fully saturated rings. The fraction of sp³-hybridized carbons (Fsp3) is 0.846. The molecule has 0 atom stereocenters. The molecule has 0 heterocycles. The lowest BCUT2D eigenvalue weighted by molar-refractivity contribution is 0.112. The molecule has 17 heavy (non-hydrogen) atoms. The number of hydrogen-bond donors (Lipinski definition) is 0. The van der Waals surface area contributed by atoms with Gasteiger partial charge in [-0.05, 0) is 32.6 Å². The highest BCUT2D eigenvalue weighted by molar-refractivity contribution is 6.36. The van der Waals surface area contributed by atoms with Crippen molar-refractivity contribution in [1.82, 2.24) is 0 Å². The Morgan fingerprint density at radius 1 is 1.00 bits per heavy atom. The molecule has 0 aromatic rings. The van der Waals surface area contributed by atoms with Crippen LogP contribution < -0.4 is 0 Å². The molecule has 1 rings (SSSR count). The Balaban J connectivity index is 2.12. The molecule has 1 aliphatic rings. The zero-order valence-electron chi connectivity index (χ0n) is 11.2. The Morgan fingerprint density at radius 3 is 2.24 bits per heavy atom. The lowest BCUT2D eigenvalue weighted by atomic mass is 9.89. The van der Waals surface area contributed by atoms with Gasteiger partial charge in [-0.1, -0.05) is 31.4 Å². The van der Waals surface area contributed by atoms with Gasteiger partial charge in [-0.2, -0.15) is 0 Å². The minimum atomic E-state index is -1.86. The standard InChI is InChI=1S/C13H26O3Si/c1-3-14-17(15-4-2)16-12-8-11-13-9-6-5-7-10-13/h8,11,13,17H,3-7,9-10,12H2,1-2H3. The quantitative estimate of drug-likeness (QED) is 0.495. The van der Waals surface area contributed by atoms with Gasteiger partial charge in [0.05, 0.1) is 6.61 Å². The van der Waals surface area contributed by atoms with Crippen LogP contribution in [0.5, 0.6) is 0 Å². The third-order valence-electron chi connectivity index (χ3n) is 2.99. The highest BCUT2D eigenvalue weighted by atomic mass is 28.3. The predicted molar refractivity (Wildman–Crippen MR) is 72.1 cm³/mol. The molecule has 0 aromatic heterocycles. The lowest BCUT2D eigenvalue weighted by Gasteiger charge is -2.18. The summed E-state index contributed by atoms with van der Waals surface area (Å²) in [5.74, 6) is 0.770. The van der Waals surface area contributed by atoms with Crippen LogP contribution in [-0.4, -0.2) is 29.3 Å². The summed E-state index contributed by atoms with van der Waals surface area (Å²) in [6, 6.07) is 0. The predicted octanol–water partition coefficient (Wildman–Crippen LogP) is 2.93. The topological polar surface area (TPSA) is 27.7 Å². The van der Waals surface area contributed by atoms with Crippen LogP contribution in [0.4, 0.5) is 0 Å². The van der Waals surface area contributed by atoms with Crippen molar-refractivity contribution in [1.29, 1.82) is 0 Å². The molecule has 3 nitrogen and oxygen atoms in total. The van der Waals surface area contributed by atoms with E-state index in [1.807, 2.05) is 13.8 Å². The Labute approximate surface area is 107 Å². The van der Waals surface area contributed by atoms with Crippen LogP contribution >= 0.6 is 0 Å². The second-order valence-corrected chi connectivity index (χ2v) is 5.94. The van der Waals surface area contributed by atoms with Gasteiger partial charge in [0.15, 0.2) is 0 Å². The van der Waals surface area contributed by atoms with E-state index in [-0.39, 0.29) is 0 Å². The largest absolute Gasteiger partial charge is 0.484 e. The van der Waals surface area contributed by atoms with Crippen LogP contribution in [0, 0.1) is 5.92 Å². The normalized spacial score (nSPS) is 18.3. The van der Waals surface area contributed by atoms with E-state index in [1.165, 1.54) is 32.1 Å². The van der Waals surface area contributed by atoms with Gasteiger partial charge in [0.2, 0.25) is 0 Å². The van der Waals surface area contributed by atoms with Gasteiger partial charge in [0, 0.05) is 13.2 Å². The van der Waals surface area contributed by atoms with Crippen LogP contribution in [-0.2, 0) is 13.3 Å². The third-order valence-corrected chi connectivity index (χ3v) is 4.67. The van der Waals surface area contributed by atoms with Crippen molar-refractivity contribution in [2.45, 2.75) is 46.0 Å². The molecular weight excluding hydrogens is 232 g/mol. The molecule has 0 saturated heterocycles. The number of hydrogen-bond acceptors (Lipinski definition) is 3. The fourth-order valence-electron chi connectivity index (χ4n) is 2.13. The van der Waals surface area contributed by atoms with Crippen LogP contribution in [0.25, 0.3) is 0 Å². The molecule has 4 heteroatoms. The second kappa shape index (κ2) is 9.83. The first-order valence-corrected chi connectivity index (χ1v) is 8.29. The molecule has 0 amide bonds. The Hall–Kier alpha value is -0.163. The summed E-state index contributed by atoms with van der Waals surface area (Å²) in [6.07, 6.45) is 11.3. The van der Waals surface area contributed by atoms with Gasteiger partial charge in [0.1, 0.15) is 0 Å². The molecular formula is C13H26O3Si. The van der Waals surface area contributed by atoms with E-state index in [2.05, 4.69) is 12.2 Å². The number of rotatable bonds is 8. The lowest BCUT2D eigenvalue weighted by Crippen LogP contribution is -2.27. The maximum Gasteiger partial charge on any atom is 0.484 e. The highest BCUT2D eigenvalue weighted by Gasteiger charge is 2.13. The van der Waals surface area contributed by atoms with Crippen molar-refractivity contribution in [2.75, 3.05) is 19.8 Å². The van der Waals surface area contributed by atoms with Gasteiger partial charge in [0.25, 0.3) is 0 Å². The van der Waals surface area contributed by atoms with Gasteiger partial charge in [-0.25, -0.2) is 0 Å². The summed E-state index contributed by atoms with van der Waals surface area (Å²) in [4.78, 5) is 0. The summed E-state index contributed by atoms with van der Waals surface area (Å²) in [5.41, 5.74) is 0. The Bertz CT molecular complexity index is 197. The summed E-state index contributed by atoms with van der Waals surface area (Å²) in [6.45, 7) is 5.92. The van der Waals surface area contributed by atoms with Crippen molar-refractivity contribution < 1.29 is 13.3 Å². The fourth-order valence-corrected chi connectivity index (χ4v) is 3.23. The van der Waals surface area contributed by atoms with Gasteiger partial charge < -0.3 is 13.3 Å². The summed E-state index contributed by atoms with van der Waals surface area (Å²) in [5, 5.41) is 0. The first kappa shape index (κ1) is 14.9. The zero-order valence-corrected chi connectivity index (χ0v) is 12.3. The van der Waals surface area contributed by atoms with Crippen molar-refractivity contribution in [3.63, 3.8) is 0 Å².